The monoisotopic (exact) mass is 503 g/mol. The van der Waals surface area contributed by atoms with Gasteiger partial charge in [-0.25, -0.2) is 4.79 Å². The molecular weight excluding hydrogens is 466 g/mol. The Morgan fingerprint density at radius 1 is 1.05 bits per heavy atom. The first kappa shape index (κ1) is 26.5. The van der Waals surface area contributed by atoms with Gasteiger partial charge in [0, 0.05) is 29.3 Å². The van der Waals surface area contributed by atoms with Gasteiger partial charge in [0.25, 0.3) is 0 Å². The summed E-state index contributed by atoms with van der Waals surface area (Å²) in [7, 11) is 1.60. The van der Waals surface area contributed by atoms with E-state index in [0.29, 0.717) is 54.2 Å². The minimum atomic E-state index is -0.550. The van der Waals surface area contributed by atoms with Crippen molar-refractivity contribution in [3.63, 3.8) is 0 Å². The fourth-order valence-electron chi connectivity index (χ4n) is 5.13. The van der Waals surface area contributed by atoms with E-state index in [2.05, 4.69) is 17.4 Å². The summed E-state index contributed by atoms with van der Waals surface area (Å²) in [4.78, 5) is 27.3. The van der Waals surface area contributed by atoms with Gasteiger partial charge in [-0.1, -0.05) is 50.2 Å². The van der Waals surface area contributed by atoms with Crippen LogP contribution in [0.3, 0.4) is 0 Å². The summed E-state index contributed by atoms with van der Waals surface area (Å²) in [6.45, 7) is 8.36. The van der Waals surface area contributed by atoms with Crippen LogP contribution in [0.25, 0.3) is 0 Å². The van der Waals surface area contributed by atoms with Crippen molar-refractivity contribution in [2.24, 2.45) is 0 Å². The summed E-state index contributed by atoms with van der Waals surface area (Å²) in [6.07, 6.45) is 2.44. The second kappa shape index (κ2) is 11.7. The van der Waals surface area contributed by atoms with Gasteiger partial charge >= 0.3 is 5.97 Å². The molecule has 0 amide bonds. The minimum Gasteiger partial charge on any atom is -0.493 e. The van der Waals surface area contributed by atoms with Crippen molar-refractivity contribution in [3.05, 3.63) is 82.2 Å². The van der Waals surface area contributed by atoms with Crippen LogP contribution in [0.2, 0.25) is 0 Å². The normalized spacial score (nSPS) is 20.2. The van der Waals surface area contributed by atoms with Gasteiger partial charge in [-0.2, -0.15) is 0 Å². The average Bonchev–Trinajstić information content (AvgIpc) is 2.91. The van der Waals surface area contributed by atoms with Crippen LogP contribution in [0.5, 0.6) is 11.5 Å². The molecule has 0 saturated heterocycles. The van der Waals surface area contributed by atoms with Gasteiger partial charge < -0.3 is 19.5 Å². The predicted molar refractivity (Wildman–Crippen MR) is 144 cm³/mol. The van der Waals surface area contributed by atoms with E-state index in [0.717, 1.165) is 23.2 Å². The molecule has 37 heavy (non-hydrogen) atoms. The van der Waals surface area contributed by atoms with Gasteiger partial charge in [-0.15, -0.1) is 0 Å². The molecule has 196 valence electrons. The number of ketones is 1. The Hall–Kier alpha value is -3.54. The molecule has 1 N–H and O–H groups in total. The highest BCUT2D eigenvalue weighted by molar-refractivity contribution is 6.04. The maximum absolute atomic E-state index is 13.8. The summed E-state index contributed by atoms with van der Waals surface area (Å²) in [5.41, 5.74) is 4.63. The maximum Gasteiger partial charge on any atom is 0.337 e. The number of dihydropyridines is 1. The number of rotatable bonds is 9. The number of carbonyl (C=O) groups excluding carboxylic acids is 2. The molecule has 6 nitrogen and oxygen atoms in total. The van der Waals surface area contributed by atoms with Crippen molar-refractivity contribution in [2.45, 2.75) is 71.3 Å². The Labute approximate surface area is 219 Å². The number of hydrogen-bond acceptors (Lipinski definition) is 6. The lowest BCUT2D eigenvalue weighted by Gasteiger charge is -2.37. The Balaban J connectivity index is 1.80. The molecule has 3 atom stereocenters. The van der Waals surface area contributed by atoms with Gasteiger partial charge in [-0.05, 0) is 62.3 Å². The third kappa shape index (κ3) is 5.58. The van der Waals surface area contributed by atoms with Crippen molar-refractivity contribution in [2.75, 3.05) is 13.7 Å². The lowest BCUT2D eigenvalue weighted by Crippen LogP contribution is -2.36. The number of methoxy groups -OCH3 is 1. The molecule has 0 bridgehead atoms. The molecule has 1 aliphatic heterocycles. The zero-order valence-corrected chi connectivity index (χ0v) is 22.4. The van der Waals surface area contributed by atoms with Crippen molar-refractivity contribution < 1.29 is 23.8 Å². The molecule has 1 heterocycles. The summed E-state index contributed by atoms with van der Waals surface area (Å²) in [5, 5.41) is 3.42. The number of ether oxygens (including phenoxy) is 3. The first-order valence-corrected chi connectivity index (χ1v) is 13.2. The Morgan fingerprint density at radius 3 is 2.49 bits per heavy atom. The fraction of sp³-hybridized carbons (Fsp3) is 0.419. The van der Waals surface area contributed by atoms with E-state index < -0.39 is 11.9 Å². The third-order valence-corrected chi connectivity index (χ3v) is 7.18. The fourth-order valence-corrected chi connectivity index (χ4v) is 5.13. The molecule has 4 rings (SSSR count). The van der Waals surface area contributed by atoms with Crippen LogP contribution in [-0.4, -0.2) is 31.6 Å². The lowest BCUT2D eigenvalue weighted by molar-refractivity contribution is -0.144. The number of nitrogens with one attached hydrogen (secondary N) is 1. The SMILES string of the molecule is CCCOc1ccc([C@@H]2C(C(=O)O[C@@H](C)CC)=C(C)NC3=C2C(=O)C[C@@H](c2ccccc2)C3)cc1OC. The Kier molecular flexibility index (Phi) is 8.37. The van der Waals surface area contributed by atoms with Gasteiger partial charge in [0.1, 0.15) is 0 Å². The molecule has 0 unspecified atom stereocenters. The number of carbonyl (C=O) groups is 2. The molecule has 0 fully saturated rings. The van der Waals surface area contributed by atoms with Gasteiger partial charge in [-0.3, -0.25) is 4.79 Å². The predicted octanol–water partition coefficient (Wildman–Crippen LogP) is 6.19. The molecule has 0 spiro atoms. The zero-order chi connectivity index (χ0) is 26.5. The molecule has 2 aliphatic rings. The van der Waals surface area contributed by atoms with Crippen LogP contribution in [0.1, 0.15) is 76.3 Å². The van der Waals surface area contributed by atoms with Crippen LogP contribution in [0.15, 0.2) is 71.1 Å². The van der Waals surface area contributed by atoms with Gasteiger partial charge in [0.05, 0.1) is 25.4 Å². The number of hydrogen-bond donors (Lipinski definition) is 1. The van der Waals surface area contributed by atoms with E-state index in [1.165, 1.54) is 0 Å². The molecule has 1 aliphatic carbocycles. The van der Waals surface area contributed by atoms with E-state index in [1.54, 1.807) is 7.11 Å². The molecular formula is C31H37NO5. The van der Waals surface area contributed by atoms with E-state index >= 15 is 0 Å². The van der Waals surface area contributed by atoms with Crippen LogP contribution in [0.4, 0.5) is 0 Å². The average molecular weight is 504 g/mol. The van der Waals surface area contributed by atoms with E-state index in [1.807, 2.05) is 64.1 Å². The molecule has 0 radical (unpaired) electrons. The zero-order valence-electron chi connectivity index (χ0n) is 22.4. The highest BCUT2D eigenvalue weighted by Gasteiger charge is 2.42. The highest BCUT2D eigenvalue weighted by Crippen LogP contribution is 2.47. The third-order valence-electron chi connectivity index (χ3n) is 7.18. The second-order valence-electron chi connectivity index (χ2n) is 9.81. The first-order chi connectivity index (χ1) is 17.9. The molecule has 6 heteroatoms. The van der Waals surface area contributed by atoms with E-state index in [4.69, 9.17) is 14.2 Å². The summed E-state index contributed by atoms with van der Waals surface area (Å²) in [6, 6.07) is 15.8. The Bertz CT molecular complexity index is 1210. The smallest absolute Gasteiger partial charge is 0.337 e. The topological polar surface area (TPSA) is 73.9 Å². The summed E-state index contributed by atoms with van der Waals surface area (Å²) < 4.78 is 17.3. The standard InChI is InChI=1S/C31H37NO5/c1-6-15-36-26-14-13-22(18-27(26)35-5)29-28(31(34)37-19(3)7-2)20(4)32-24-16-23(17-25(33)30(24)29)21-11-9-8-10-12-21/h8-14,18-19,23,29,32H,6-7,15-17H2,1-5H3/t19-,23-,29+/m0/s1. The van der Waals surface area contributed by atoms with Crippen molar-refractivity contribution in [1.29, 1.82) is 0 Å². The first-order valence-electron chi connectivity index (χ1n) is 13.2. The number of allylic oxidation sites excluding steroid dienone is 3. The van der Waals surface area contributed by atoms with Crippen LogP contribution in [0, 0.1) is 0 Å². The highest BCUT2D eigenvalue weighted by atomic mass is 16.5. The van der Waals surface area contributed by atoms with Crippen molar-refractivity contribution in [3.8, 4) is 11.5 Å². The molecule has 2 aromatic rings. The minimum absolute atomic E-state index is 0.0409. The quantitative estimate of drug-likeness (QED) is 0.412. The number of esters is 1. The molecule has 0 aromatic heterocycles. The summed E-state index contributed by atoms with van der Waals surface area (Å²) in [5.74, 6) is 0.384. The number of benzene rings is 2. The number of Topliss-reactive ketones (excluding diaryl/α,β-unsaturated/α-hetero) is 1. The van der Waals surface area contributed by atoms with E-state index in [9.17, 15) is 9.59 Å². The van der Waals surface area contributed by atoms with Crippen LogP contribution >= 0.6 is 0 Å². The molecule has 0 saturated carbocycles. The van der Waals surface area contributed by atoms with Crippen molar-refractivity contribution in [1.82, 2.24) is 5.32 Å². The van der Waals surface area contributed by atoms with Crippen LogP contribution < -0.4 is 14.8 Å². The van der Waals surface area contributed by atoms with Crippen molar-refractivity contribution >= 4 is 11.8 Å². The van der Waals surface area contributed by atoms with E-state index in [-0.39, 0.29) is 17.8 Å². The van der Waals surface area contributed by atoms with Crippen LogP contribution in [-0.2, 0) is 14.3 Å². The van der Waals surface area contributed by atoms with Gasteiger partial charge in [0.2, 0.25) is 0 Å². The van der Waals surface area contributed by atoms with Gasteiger partial charge in [0.15, 0.2) is 17.3 Å². The second-order valence-corrected chi connectivity index (χ2v) is 9.81. The lowest BCUT2D eigenvalue weighted by atomic mass is 9.71. The maximum atomic E-state index is 13.8. The molecule has 2 aromatic carbocycles. The largest absolute Gasteiger partial charge is 0.493 e. The Morgan fingerprint density at radius 2 is 1.81 bits per heavy atom. The summed E-state index contributed by atoms with van der Waals surface area (Å²) >= 11 is 0.